The molecule has 2 aromatic rings. The van der Waals surface area contributed by atoms with Crippen molar-refractivity contribution in [2.75, 3.05) is 0 Å². The number of hydrogen-bond donors (Lipinski definition) is 2. The number of benzene rings is 1. The molecule has 0 aliphatic heterocycles. The standard InChI is InChI=1S/C18H24N2O2/c1-13(2)20-11-7-10-16(20)18(22)19-14(3)17(21)12-15-8-5-4-6-9-15/h4-11,13-14,17,21H,12H2,1-3H3,(H,19,22). The number of aliphatic hydroxyl groups is 1. The van der Waals surface area contributed by atoms with Crippen LogP contribution in [0.15, 0.2) is 48.7 Å². The fourth-order valence-corrected chi connectivity index (χ4v) is 2.45. The van der Waals surface area contributed by atoms with Crippen molar-refractivity contribution in [1.29, 1.82) is 0 Å². The predicted molar refractivity (Wildman–Crippen MR) is 87.9 cm³/mol. The maximum Gasteiger partial charge on any atom is 0.268 e. The summed E-state index contributed by atoms with van der Waals surface area (Å²) in [6.45, 7) is 5.89. The molecule has 0 aliphatic rings. The monoisotopic (exact) mass is 300 g/mol. The first kappa shape index (κ1) is 16.3. The largest absolute Gasteiger partial charge is 0.391 e. The maximum atomic E-state index is 12.4. The third-order valence-corrected chi connectivity index (χ3v) is 3.79. The highest BCUT2D eigenvalue weighted by Gasteiger charge is 2.20. The third-order valence-electron chi connectivity index (χ3n) is 3.79. The third kappa shape index (κ3) is 3.98. The van der Waals surface area contributed by atoms with Gasteiger partial charge in [0.15, 0.2) is 0 Å². The first-order valence-electron chi connectivity index (χ1n) is 7.68. The van der Waals surface area contributed by atoms with Crippen molar-refractivity contribution in [2.24, 2.45) is 0 Å². The minimum Gasteiger partial charge on any atom is -0.391 e. The highest BCUT2D eigenvalue weighted by Crippen LogP contribution is 2.12. The Bertz CT molecular complexity index is 605. The van der Waals surface area contributed by atoms with Crippen LogP contribution in [0.1, 0.15) is 42.9 Å². The Morgan fingerprint density at radius 2 is 1.82 bits per heavy atom. The zero-order valence-electron chi connectivity index (χ0n) is 13.4. The predicted octanol–water partition coefficient (Wildman–Crippen LogP) is 2.79. The number of aliphatic hydroxyl groups excluding tert-OH is 1. The fraction of sp³-hybridized carbons (Fsp3) is 0.389. The molecule has 0 spiro atoms. The normalized spacial score (nSPS) is 13.9. The second-order valence-corrected chi connectivity index (χ2v) is 5.91. The van der Waals surface area contributed by atoms with Gasteiger partial charge < -0.3 is 15.0 Å². The van der Waals surface area contributed by atoms with Gasteiger partial charge in [-0.2, -0.15) is 0 Å². The van der Waals surface area contributed by atoms with Crippen LogP contribution in [0.3, 0.4) is 0 Å². The Hall–Kier alpha value is -2.07. The van der Waals surface area contributed by atoms with Gasteiger partial charge in [0.05, 0.1) is 12.1 Å². The molecule has 0 saturated carbocycles. The molecule has 1 aromatic carbocycles. The summed E-state index contributed by atoms with van der Waals surface area (Å²) >= 11 is 0. The molecule has 1 heterocycles. The van der Waals surface area contributed by atoms with Crippen LogP contribution >= 0.6 is 0 Å². The first-order valence-corrected chi connectivity index (χ1v) is 7.68. The average Bonchev–Trinajstić information content (AvgIpc) is 2.98. The summed E-state index contributed by atoms with van der Waals surface area (Å²) in [4.78, 5) is 12.4. The van der Waals surface area contributed by atoms with E-state index in [-0.39, 0.29) is 18.0 Å². The second kappa shape index (κ2) is 7.27. The SMILES string of the molecule is CC(NC(=O)c1cccn1C(C)C)C(O)Cc1ccccc1. The Morgan fingerprint density at radius 3 is 2.45 bits per heavy atom. The summed E-state index contributed by atoms with van der Waals surface area (Å²) in [5, 5.41) is 13.2. The maximum absolute atomic E-state index is 12.4. The van der Waals surface area contributed by atoms with Crippen LogP contribution in [0.5, 0.6) is 0 Å². The van der Waals surface area contributed by atoms with Gasteiger partial charge in [0, 0.05) is 18.7 Å². The van der Waals surface area contributed by atoms with Crippen molar-refractivity contribution in [3.8, 4) is 0 Å². The van der Waals surface area contributed by atoms with Gasteiger partial charge in [0.25, 0.3) is 5.91 Å². The lowest BCUT2D eigenvalue weighted by Crippen LogP contribution is -2.42. The van der Waals surface area contributed by atoms with Gasteiger partial charge in [-0.05, 0) is 38.5 Å². The number of nitrogens with zero attached hydrogens (tertiary/aromatic N) is 1. The molecule has 4 nitrogen and oxygen atoms in total. The summed E-state index contributed by atoms with van der Waals surface area (Å²) < 4.78 is 1.92. The number of hydrogen-bond acceptors (Lipinski definition) is 2. The molecule has 2 N–H and O–H groups in total. The van der Waals surface area contributed by atoms with Crippen molar-refractivity contribution in [3.63, 3.8) is 0 Å². The molecule has 0 fully saturated rings. The molecule has 0 radical (unpaired) electrons. The van der Waals surface area contributed by atoms with Crippen LogP contribution in [0.2, 0.25) is 0 Å². The van der Waals surface area contributed by atoms with Crippen molar-refractivity contribution in [2.45, 2.75) is 45.4 Å². The Kier molecular flexibility index (Phi) is 5.39. The summed E-state index contributed by atoms with van der Waals surface area (Å²) in [5.74, 6) is -0.154. The van der Waals surface area contributed by atoms with Gasteiger partial charge in [-0.1, -0.05) is 30.3 Å². The van der Waals surface area contributed by atoms with Crippen LogP contribution in [0.4, 0.5) is 0 Å². The molecule has 4 heteroatoms. The minimum absolute atomic E-state index is 0.154. The number of aromatic nitrogens is 1. The van der Waals surface area contributed by atoms with Gasteiger partial charge in [-0.15, -0.1) is 0 Å². The van der Waals surface area contributed by atoms with Gasteiger partial charge in [0.2, 0.25) is 0 Å². The molecule has 0 aliphatic carbocycles. The van der Waals surface area contributed by atoms with Gasteiger partial charge in [0.1, 0.15) is 5.69 Å². The van der Waals surface area contributed by atoms with E-state index < -0.39 is 6.10 Å². The molecule has 0 saturated heterocycles. The Balaban J connectivity index is 1.97. The van der Waals surface area contributed by atoms with E-state index in [1.807, 2.05) is 67.9 Å². The van der Waals surface area contributed by atoms with E-state index in [0.717, 1.165) is 5.56 Å². The molecular formula is C18H24N2O2. The molecule has 22 heavy (non-hydrogen) atoms. The second-order valence-electron chi connectivity index (χ2n) is 5.91. The van der Waals surface area contributed by atoms with Gasteiger partial charge in [-0.3, -0.25) is 4.79 Å². The zero-order chi connectivity index (χ0) is 16.1. The number of nitrogens with one attached hydrogen (secondary N) is 1. The van der Waals surface area contributed by atoms with Crippen molar-refractivity contribution < 1.29 is 9.90 Å². The lowest BCUT2D eigenvalue weighted by atomic mass is 10.0. The van der Waals surface area contributed by atoms with E-state index in [9.17, 15) is 9.90 Å². The average molecular weight is 300 g/mol. The molecule has 2 unspecified atom stereocenters. The highest BCUT2D eigenvalue weighted by atomic mass is 16.3. The fourth-order valence-electron chi connectivity index (χ4n) is 2.45. The van der Waals surface area contributed by atoms with Gasteiger partial charge in [-0.25, -0.2) is 0 Å². The summed E-state index contributed by atoms with van der Waals surface area (Å²) in [5.41, 5.74) is 1.68. The van der Waals surface area contributed by atoms with Crippen LogP contribution in [-0.4, -0.2) is 27.7 Å². The van der Waals surface area contributed by atoms with Crippen molar-refractivity contribution >= 4 is 5.91 Å². The highest BCUT2D eigenvalue weighted by molar-refractivity contribution is 5.93. The van der Waals surface area contributed by atoms with E-state index in [2.05, 4.69) is 5.32 Å². The number of carbonyl (C=O) groups excluding carboxylic acids is 1. The molecule has 2 rings (SSSR count). The lowest BCUT2D eigenvalue weighted by Gasteiger charge is -2.21. The van der Waals surface area contributed by atoms with Crippen molar-refractivity contribution in [3.05, 3.63) is 59.9 Å². The van der Waals surface area contributed by atoms with E-state index in [1.165, 1.54) is 0 Å². The van der Waals surface area contributed by atoms with E-state index >= 15 is 0 Å². The summed E-state index contributed by atoms with van der Waals surface area (Å²) in [6, 6.07) is 13.3. The Morgan fingerprint density at radius 1 is 1.14 bits per heavy atom. The van der Waals surface area contributed by atoms with E-state index in [0.29, 0.717) is 12.1 Å². The van der Waals surface area contributed by atoms with Crippen LogP contribution < -0.4 is 5.32 Å². The quantitative estimate of drug-likeness (QED) is 0.862. The first-order chi connectivity index (χ1) is 10.5. The number of rotatable bonds is 6. The lowest BCUT2D eigenvalue weighted by molar-refractivity contribution is 0.0841. The molecular weight excluding hydrogens is 276 g/mol. The molecule has 2 atom stereocenters. The number of amides is 1. The molecule has 1 amide bonds. The Labute approximate surface area is 131 Å². The minimum atomic E-state index is -0.617. The molecule has 1 aromatic heterocycles. The zero-order valence-corrected chi connectivity index (χ0v) is 13.4. The van der Waals surface area contributed by atoms with E-state index in [4.69, 9.17) is 0 Å². The molecule has 0 bridgehead atoms. The van der Waals surface area contributed by atoms with Crippen LogP contribution in [0, 0.1) is 0 Å². The van der Waals surface area contributed by atoms with Crippen molar-refractivity contribution in [1.82, 2.24) is 9.88 Å². The van der Waals surface area contributed by atoms with Crippen LogP contribution in [-0.2, 0) is 6.42 Å². The van der Waals surface area contributed by atoms with E-state index in [1.54, 1.807) is 6.07 Å². The van der Waals surface area contributed by atoms with Gasteiger partial charge >= 0.3 is 0 Å². The number of carbonyl (C=O) groups is 1. The summed E-state index contributed by atoms with van der Waals surface area (Å²) in [7, 11) is 0. The summed E-state index contributed by atoms with van der Waals surface area (Å²) in [6.07, 6.45) is 1.80. The molecule has 118 valence electrons. The topological polar surface area (TPSA) is 54.3 Å². The smallest absolute Gasteiger partial charge is 0.268 e. The van der Waals surface area contributed by atoms with Crippen LogP contribution in [0.25, 0.3) is 0 Å².